The van der Waals surface area contributed by atoms with Crippen LogP contribution < -0.4 is 0 Å². The lowest BCUT2D eigenvalue weighted by Crippen LogP contribution is -2.25. The molecule has 1 aromatic carbocycles. The standard InChI is InChI=1S/C34H53N/c1-10-29-18-27(19-30(11-2)33(29)23(5)6)17-26(9)34-32(22(3)4)20-28(21-35-34)16-25(8)31-15-13-12-14-24(31)7/h18-26,31H,10-17H2,1-9H3. The van der Waals surface area contributed by atoms with E-state index in [9.17, 15) is 0 Å². The molecule has 0 spiro atoms. The average Bonchev–Trinajstić information content (AvgIpc) is 2.83. The van der Waals surface area contributed by atoms with Crippen LogP contribution in [0, 0.1) is 17.8 Å². The summed E-state index contributed by atoms with van der Waals surface area (Å²) in [5, 5.41) is 0. The van der Waals surface area contributed by atoms with Crippen molar-refractivity contribution < 1.29 is 0 Å². The Morgan fingerprint density at radius 2 is 1.43 bits per heavy atom. The molecule has 1 nitrogen and oxygen atoms in total. The molecule has 1 aliphatic carbocycles. The molecule has 0 aliphatic heterocycles. The summed E-state index contributed by atoms with van der Waals surface area (Å²) < 4.78 is 0. The van der Waals surface area contributed by atoms with Gasteiger partial charge in [-0.3, -0.25) is 4.98 Å². The molecule has 1 fully saturated rings. The van der Waals surface area contributed by atoms with E-state index in [1.807, 2.05) is 0 Å². The maximum atomic E-state index is 5.14. The molecule has 2 aromatic rings. The zero-order valence-electron chi connectivity index (χ0n) is 24.4. The van der Waals surface area contributed by atoms with Gasteiger partial charge < -0.3 is 0 Å². The van der Waals surface area contributed by atoms with E-state index in [1.165, 1.54) is 54.5 Å². The Hall–Kier alpha value is -1.63. The van der Waals surface area contributed by atoms with E-state index in [0.29, 0.717) is 17.8 Å². The number of aryl methyl sites for hydroxylation is 2. The number of rotatable bonds is 10. The highest BCUT2D eigenvalue weighted by atomic mass is 14.7. The molecule has 3 rings (SSSR count). The van der Waals surface area contributed by atoms with Crippen molar-refractivity contribution in [2.24, 2.45) is 17.8 Å². The molecule has 0 radical (unpaired) electrons. The topological polar surface area (TPSA) is 12.9 Å². The van der Waals surface area contributed by atoms with Crippen molar-refractivity contribution in [3.8, 4) is 0 Å². The maximum Gasteiger partial charge on any atom is 0.0469 e. The third-order valence-corrected chi connectivity index (χ3v) is 8.85. The fourth-order valence-corrected chi connectivity index (χ4v) is 6.98. The SMILES string of the molecule is CCc1cc(CC(C)c2ncc(CC(C)C3CCCCC3C)cc2C(C)C)cc(CC)c1C(C)C. The molecule has 194 valence electrons. The third kappa shape index (κ3) is 6.78. The first-order chi connectivity index (χ1) is 16.7. The Bertz CT molecular complexity index is 928. The van der Waals surface area contributed by atoms with Crippen molar-refractivity contribution in [3.63, 3.8) is 0 Å². The minimum Gasteiger partial charge on any atom is -0.260 e. The quantitative estimate of drug-likeness (QED) is 0.333. The zero-order valence-corrected chi connectivity index (χ0v) is 24.4. The largest absolute Gasteiger partial charge is 0.260 e. The van der Waals surface area contributed by atoms with Gasteiger partial charge in [-0.25, -0.2) is 0 Å². The molecule has 0 saturated heterocycles. The predicted molar refractivity (Wildman–Crippen MR) is 154 cm³/mol. The van der Waals surface area contributed by atoms with E-state index >= 15 is 0 Å². The first-order valence-electron chi connectivity index (χ1n) is 14.8. The van der Waals surface area contributed by atoms with E-state index in [4.69, 9.17) is 4.98 Å². The van der Waals surface area contributed by atoms with Crippen molar-refractivity contribution in [2.75, 3.05) is 0 Å². The smallest absolute Gasteiger partial charge is 0.0469 e. The van der Waals surface area contributed by atoms with E-state index in [1.54, 1.807) is 16.7 Å². The summed E-state index contributed by atoms with van der Waals surface area (Å²) in [6.45, 7) is 21.3. The second-order valence-corrected chi connectivity index (χ2v) is 12.4. The minimum absolute atomic E-state index is 0.427. The van der Waals surface area contributed by atoms with E-state index in [2.05, 4.69) is 86.7 Å². The van der Waals surface area contributed by atoms with Crippen LogP contribution in [-0.4, -0.2) is 4.98 Å². The van der Waals surface area contributed by atoms with Crippen LogP contribution in [-0.2, 0) is 25.7 Å². The fourth-order valence-electron chi connectivity index (χ4n) is 6.98. The van der Waals surface area contributed by atoms with Gasteiger partial charge in [0.1, 0.15) is 0 Å². The second-order valence-electron chi connectivity index (χ2n) is 12.4. The van der Waals surface area contributed by atoms with Gasteiger partial charge in [0.15, 0.2) is 0 Å². The van der Waals surface area contributed by atoms with Crippen LogP contribution in [0.1, 0.15) is 145 Å². The molecule has 1 heteroatoms. The van der Waals surface area contributed by atoms with Crippen LogP contribution >= 0.6 is 0 Å². The second kappa shape index (κ2) is 12.6. The van der Waals surface area contributed by atoms with Gasteiger partial charge in [-0.1, -0.05) is 99.8 Å². The lowest BCUT2D eigenvalue weighted by Gasteiger charge is -2.33. The van der Waals surface area contributed by atoms with Crippen molar-refractivity contribution in [1.82, 2.24) is 4.98 Å². The number of aromatic nitrogens is 1. The Balaban J connectivity index is 1.83. The number of nitrogens with zero attached hydrogens (tertiary/aromatic N) is 1. The molecule has 0 bridgehead atoms. The van der Waals surface area contributed by atoms with Crippen molar-refractivity contribution in [3.05, 3.63) is 63.5 Å². The van der Waals surface area contributed by atoms with Crippen molar-refractivity contribution in [1.29, 1.82) is 0 Å². The summed E-state index contributed by atoms with van der Waals surface area (Å²) in [5.74, 6) is 4.01. The number of hydrogen-bond acceptors (Lipinski definition) is 1. The molecule has 1 aliphatic rings. The van der Waals surface area contributed by atoms with Crippen LogP contribution in [0.25, 0.3) is 0 Å². The first kappa shape index (κ1) is 27.9. The third-order valence-electron chi connectivity index (χ3n) is 8.85. The molecule has 1 saturated carbocycles. The lowest BCUT2D eigenvalue weighted by atomic mass is 9.72. The highest BCUT2D eigenvalue weighted by molar-refractivity contribution is 5.42. The lowest BCUT2D eigenvalue weighted by molar-refractivity contribution is 0.184. The Morgan fingerprint density at radius 3 is 1.97 bits per heavy atom. The average molecular weight is 476 g/mol. The van der Waals surface area contributed by atoms with Gasteiger partial charge in [0.05, 0.1) is 0 Å². The van der Waals surface area contributed by atoms with E-state index in [-0.39, 0.29) is 0 Å². The van der Waals surface area contributed by atoms with Gasteiger partial charge in [0.25, 0.3) is 0 Å². The monoisotopic (exact) mass is 475 g/mol. The van der Waals surface area contributed by atoms with Crippen molar-refractivity contribution >= 4 is 0 Å². The van der Waals surface area contributed by atoms with Crippen LogP contribution in [0.4, 0.5) is 0 Å². The van der Waals surface area contributed by atoms with E-state index < -0.39 is 0 Å². The molecule has 1 heterocycles. The normalized spacial score (nSPS) is 20.4. The number of benzene rings is 1. The molecule has 1 aromatic heterocycles. The summed E-state index contributed by atoms with van der Waals surface area (Å²) in [5.41, 5.74) is 10.4. The Kier molecular flexibility index (Phi) is 10.0. The van der Waals surface area contributed by atoms with Gasteiger partial charge in [-0.15, -0.1) is 0 Å². The van der Waals surface area contributed by atoms with Crippen molar-refractivity contribution in [2.45, 2.75) is 131 Å². The maximum absolute atomic E-state index is 5.14. The van der Waals surface area contributed by atoms with Gasteiger partial charge in [0.2, 0.25) is 0 Å². The molecular weight excluding hydrogens is 422 g/mol. The summed E-state index contributed by atoms with van der Waals surface area (Å²) in [6.07, 6.45) is 12.4. The first-order valence-corrected chi connectivity index (χ1v) is 14.8. The van der Waals surface area contributed by atoms with Crippen LogP contribution in [0.5, 0.6) is 0 Å². The van der Waals surface area contributed by atoms with Gasteiger partial charge in [-0.05, 0) is 95.1 Å². The van der Waals surface area contributed by atoms with Crippen LogP contribution in [0.3, 0.4) is 0 Å². The molecule has 35 heavy (non-hydrogen) atoms. The number of pyridine rings is 1. The highest BCUT2D eigenvalue weighted by Gasteiger charge is 2.27. The Morgan fingerprint density at radius 1 is 0.800 bits per heavy atom. The number of hydrogen-bond donors (Lipinski definition) is 0. The van der Waals surface area contributed by atoms with Gasteiger partial charge >= 0.3 is 0 Å². The summed E-state index contributed by atoms with van der Waals surface area (Å²) in [4.78, 5) is 5.14. The van der Waals surface area contributed by atoms with E-state index in [0.717, 1.165) is 37.0 Å². The molecule has 0 N–H and O–H groups in total. The van der Waals surface area contributed by atoms with Crippen LogP contribution in [0.2, 0.25) is 0 Å². The van der Waals surface area contributed by atoms with Crippen LogP contribution in [0.15, 0.2) is 24.4 Å². The predicted octanol–water partition coefficient (Wildman–Crippen LogP) is 9.80. The highest BCUT2D eigenvalue weighted by Crippen LogP contribution is 2.37. The summed E-state index contributed by atoms with van der Waals surface area (Å²) >= 11 is 0. The fraction of sp³-hybridized carbons (Fsp3) is 0.676. The molecule has 0 amide bonds. The zero-order chi connectivity index (χ0) is 25.7. The van der Waals surface area contributed by atoms with Gasteiger partial charge in [-0.2, -0.15) is 0 Å². The van der Waals surface area contributed by atoms with Gasteiger partial charge in [0, 0.05) is 17.8 Å². The molecule has 4 unspecified atom stereocenters. The minimum atomic E-state index is 0.427. The Labute approximate surface area is 217 Å². The molecular formula is C34H53N. The molecule has 4 atom stereocenters. The summed E-state index contributed by atoms with van der Waals surface area (Å²) in [6, 6.07) is 7.48. The summed E-state index contributed by atoms with van der Waals surface area (Å²) in [7, 11) is 0.